The molecule has 2 nitrogen and oxygen atoms in total. The van der Waals surface area contributed by atoms with Crippen LogP contribution in [-0.4, -0.2) is 24.4 Å². The third kappa shape index (κ3) is 9.49. The molecular weight excluding hydrogens is 222 g/mol. The van der Waals surface area contributed by atoms with E-state index in [4.69, 9.17) is 0 Å². The minimum atomic E-state index is 0.306. The van der Waals surface area contributed by atoms with Crippen molar-refractivity contribution < 1.29 is 4.79 Å². The first-order chi connectivity index (χ1) is 8.32. The lowest BCUT2D eigenvalue weighted by atomic mass is 9.97. The fourth-order valence-electron chi connectivity index (χ4n) is 2.25. The Balaban J connectivity index is 3.73. The molecule has 0 rings (SSSR count). The van der Waals surface area contributed by atoms with Crippen LogP contribution >= 0.6 is 0 Å². The van der Waals surface area contributed by atoms with Crippen molar-refractivity contribution in [3.63, 3.8) is 0 Å². The Morgan fingerprint density at radius 2 is 1.50 bits per heavy atom. The number of rotatable bonds is 9. The van der Waals surface area contributed by atoms with E-state index in [-0.39, 0.29) is 0 Å². The number of hydrogen-bond donors (Lipinski definition) is 0. The molecule has 0 aliphatic carbocycles. The fraction of sp³-hybridized carbons (Fsp3) is 0.938. The molecule has 0 radical (unpaired) electrons. The van der Waals surface area contributed by atoms with Crippen LogP contribution in [0.1, 0.15) is 66.7 Å². The summed E-state index contributed by atoms with van der Waals surface area (Å²) in [5, 5.41) is 0. The highest BCUT2D eigenvalue weighted by Crippen LogP contribution is 2.16. The highest BCUT2D eigenvalue weighted by atomic mass is 16.2. The van der Waals surface area contributed by atoms with Gasteiger partial charge in [0.2, 0.25) is 5.91 Å². The van der Waals surface area contributed by atoms with Gasteiger partial charge in [0.15, 0.2) is 0 Å². The maximum atomic E-state index is 12.0. The third-order valence-corrected chi connectivity index (χ3v) is 3.32. The van der Waals surface area contributed by atoms with E-state index in [1.807, 2.05) is 11.9 Å². The quantitative estimate of drug-likeness (QED) is 0.561. The van der Waals surface area contributed by atoms with Gasteiger partial charge in [0.05, 0.1) is 0 Å². The SMILES string of the molecule is CC(C)CCCC[C@H](C)CC(=O)N(C)CC(C)C. The van der Waals surface area contributed by atoms with Crippen molar-refractivity contribution in [2.75, 3.05) is 13.6 Å². The van der Waals surface area contributed by atoms with E-state index >= 15 is 0 Å². The summed E-state index contributed by atoms with van der Waals surface area (Å²) < 4.78 is 0. The van der Waals surface area contributed by atoms with Crippen LogP contribution in [0.5, 0.6) is 0 Å². The molecule has 0 N–H and O–H groups in total. The average Bonchev–Trinajstić information content (AvgIpc) is 2.23. The standard InChI is InChI=1S/C16H33NO/c1-13(2)9-7-8-10-15(5)11-16(18)17(6)12-14(3)4/h13-15H,7-12H2,1-6H3/t15-/m0/s1. The summed E-state index contributed by atoms with van der Waals surface area (Å²) in [6.45, 7) is 11.9. The zero-order chi connectivity index (χ0) is 14.1. The largest absolute Gasteiger partial charge is 0.345 e. The molecule has 0 unspecified atom stereocenters. The van der Waals surface area contributed by atoms with Gasteiger partial charge in [-0.1, -0.05) is 60.3 Å². The molecule has 1 amide bonds. The van der Waals surface area contributed by atoms with Gasteiger partial charge in [-0.15, -0.1) is 0 Å². The Bertz CT molecular complexity index is 223. The second kappa shape index (κ2) is 9.41. The highest BCUT2D eigenvalue weighted by Gasteiger charge is 2.14. The average molecular weight is 255 g/mol. The number of amides is 1. The van der Waals surface area contributed by atoms with Crippen molar-refractivity contribution >= 4 is 5.91 Å². The van der Waals surface area contributed by atoms with Gasteiger partial charge < -0.3 is 4.90 Å². The summed E-state index contributed by atoms with van der Waals surface area (Å²) in [6.07, 6.45) is 5.78. The van der Waals surface area contributed by atoms with Crippen molar-refractivity contribution in [1.29, 1.82) is 0 Å². The number of hydrogen-bond acceptors (Lipinski definition) is 1. The first-order valence-corrected chi connectivity index (χ1v) is 7.56. The minimum absolute atomic E-state index is 0.306. The fourth-order valence-corrected chi connectivity index (χ4v) is 2.25. The van der Waals surface area contributed by atoms with E-state index in [0.29, 0.717) is 24.2 Å². The van der Waals surface area contributed by atoms with E-state index in [9.17, 15) is 4.79 Å². The molecule has 0 saturated heterocycles. The molecule has 0 aliphatic rings. The monoisotopic (exact) mass is 255 g/mol. The normalized spacial score (nSPS) is 13.1. The molecule has 0 aromatic rings. The Hall–Kier alpha value is -0.530. The van der Waals surface area contributed by atoms with Crippen LogP contribution in [0, 0.1) is 17.8 Å². The van der Waals surface area contributed by atoms with Crippen LogP contribution in [0.4, 0.5) is 0 Å². The van der Waals surface area contributed by atoms with E-state index in [1.54, 1.807) is 0 Å². The van der Waals surface area contributed by atoms with Gasteiger partial charge in [-0.05, 0) is 17.8 Å². The molecule has 0 fully saturated rings. The van der Waals surface area contributed by atoms with Crippen molar-refractivity contribution in [3.05, 3.63) is 0 Å². The number of unbranched alkanes of at least 4 members (excludes halogenated alkanes) is 1. The highest BCUT2D eigenvalue weighted by molar-refractivity contribution is 5.76. The molecule has 0 heterocycles. The summed E-state index contributed by atoms with van der Waals surface area (Å²) in [7, 11) is 1.92. The lowest BCUT2D eigenvalue weighted by Gasteiger charge is -2.21. The summed E-state index contributed by atoms with van der Waals surface area (Å²) in [5.74, 6) is 2.19. The second-order valence-corrected chi connectivity index (χ2v) is 6.66. The third-order valence-electron chi connectivity index (χ3n) is 3.32. The Labute approximate surface area is 114 Å². The van der Waals surface area contributed by atoms with E-state index in [2.05, 4.69) is 34.6 Å². The van der Waals surface area contributed by atoms with Crippen LogP contribution in [0.25, 0.3) is 0 Å². The van der Waals surface area contributed by atoms with E-state index < -0.39 is 0 Å². The van der Waals surface area contributed by atoms with Gasteiger partial charge >= 0.3 is 0 Å². The Morgan fingerprint density at radius 1 is 0.944 bits per heavy atom. The lowest BCUT2D eigenvalue weighted by molar-refractivity contribution is -0.131. The van der Waals surface area contributed by atoms with Gasteiger partial charge in [-0.3, -0.25) is 4.79 Å². The van der Waals surface area contributed by atoms with Crippen molar-refractivity contribution in [3.8, 4) is 0 Å². The molecule has 0 aromatic heterocycles. The number of carbonyl (C=O) groups is 1. The van der Waals surface area contributed by atoms with Crippen LogP contribution in [-0.2, 0) is 4.79 Å². The number of carbonyl (C=O) groups excluding carboxylic acids is 1. The van der Waals surface area contributed by atoms with Crippen LogP contribution in [0.3, 0.4) is 0 Å². The lowest BCUT2D eigenvalue weighted by Crippen LogP contribution is -2.31. The smallest absolute Gasteiger partial charge is 0.222 e. The van der Waals surface area contributed by atoms with E-state index in [1.165, 1.54) is 25.7 Å². The molecule has 0 aliphatic heterocycles. The van der Waals surface area contributed by atoms with Gasteiger partial charge in [0, 0.05) is 20.0 Å². The summed E-state index contributed by atoms with van der Waals surface area (Å²) in [4.78, 5) is 13.8. The van der Waals surface area contributed by atoms with Gasteiger partial charge in [-0.2, -0.15) is 0 Å². The maximum Gasteiger partial charge on any atom is 0.222 e. The van der Waals surface area contributed by atoms with Crippen LogP contribution in [0.2, 0.25) is 0 Å². The molecule has 18 heavy (non-hydrogen) atoms. The summed E-state index contributed by atoms with van der Waals surface area (Å²) in [6, 6.07) is 0. The molecule has 108 valence electrons. The van der Waals surface area contributed by atoms with E-state index in [0.717, 1.165) is 12.5 Å². The molecule has 0 spiro atoms. The Kier molecular flexibility index (Phi) is 9.13. The zero-order valence-electron chi connectivity index (χ0n) is 13.3. The predicted molar refractivity (Wildman–Crippen MR) is 79.6 cm³/mol. The first kappa shape index (κ1) is 17.5. The molecule has 0 bridgehead atoms. The van der Waals surface area contributed by atoms with Crippen LogP contribution in [0.15, 0.2) is 0 Å². The zero-order valence-corrected chi connectivity index (χ0v) is 13.3. The van der Waals surface area contributed by atoms with Gasteiger partial charge in [0.1, 0.15) is 0 Å². The molecular formula is C16H33NO. The van der Waals surface area contributed by atoms with Crippen LogP contribution < -0.4 is 0 Å². The summed E-state index contributed by atoms with van der Waals surface area (Å²) >= 11 is 0. The van der Waals surface area contributed by atoms with Crippen molar-refractivity contribution in [2.45, 2.75) is 66.7 Å². The Morgan fingerprint density at radius 3 is 2.00 bits per heavy atom. The number of nitrogens with zero attached hydrogens (tertiary/aromatic N) is 1. The molecule has 0 aromatic carbocycles. The van der Waals surface area contributed by atoms with Gasteiger partial charge in [0.25, 0.3) is 0 Å². The maximum absolute atomic E-state index is 12.0. The molecule has 0 saturated carbocycles. The molecule has 2 heteroatoms. The minimum Gasteiger partial charge on any atom is -0.345 e. The van der Waals surface area contributed by atoms with Crippen molar-refractivity contribution in [2.24, 2.45) is 17.8 Å². The topological polar surface area (TPSA) is 20.3 Å². The predicted octanol–water partition coefficient (Wildman–Crippen LogP) is 4.34. The summed E-state index contributed by atoms with van der Waals surface area (Å²) in [5.41, 5.74) is 0. The second-order valence-electron chi connectivity index (χ2n) is 6.66. The first-order valence-electron chi connectivity index (χ1n) is 7.56. The molecule has 1 atom stereocenters. The van der Waals surface area contributed by atoms with Crippen molar-refractivity contribution in [1.82, 2.24) is 4.90 Å². The van der Waals surface area contributed by atoms with Gasteiger partial charge in [-0.25, -0.2) is 0 Å².